The van der Waals surface area contributed by atoms with Crippen LogP contribution in [0.2, 0.25) is 5.02 Å². The summed E-state index contributed by atoms with van der Waals surface area (Å²) in [6, 6.07) is 9.32. The minimum atomic E-state index is -0.185. The number of pyridine rings is 1. The molecule has 2 aromatic rings. The Morgan fingerprint density at radius 3 is 2.85 bits per heavy atom. The Bertz CT molecular complexity index is 733. The number of nitrogens with zero attached hydrogens (tertiary/aromatic N) is 2. The minimum absolute atomic E-state index is 0.174. The third kappa shape index (κ3) is 4.88. The van der Waals surface area contributed by atoms with E-state index < -0.39 is 0 Å². The first-order valence-electron chi connectivity index (χ1n) is 9.03. The van der Waals surface area contributed by atoms with Crippen LogP contribution in [0.1, 0.15) is 36.5 Å². The van der Waals surface area contributed by atoms with Gasteiger partial charge in [0.15, 0.2) is 0 Å². The second-order valence-corrected chi connectivity index (χ2v) is 6.95. The highest BCUT2D eigenvalue weighted by molar-refractivity contribution is 6.34. The summed E-state index contributed by atoms with van der Waals surface area (Å²) in [5, 5.41) is 3.36. The maximum absolute atomic E-state index is 12.6. The molecule has 26 heavy (non-hydrogen) atoms. The van der Waals surface area contributed by atoms with E-state index in [2.05, 4.69) is 15.2 Å². The van der Waals surface area contributed by atoms with Gasteiger partial charge in [0.25, 0.3) is 5.91 Å². The van der Waals surface area contributed by atoms with Crippen LogP contribution in [-0.4, -0.2) is 36.6 Å². The van der Waals surface area contributed by atoms with Crippen molar-refractivity contribution >= 4 is 23.2 Å². The molecule has 1 aromatic carbocycles. The van der Waals surface area contributed by atoms with Gasteiger partial charge in [-0.05, 0) is 56.5 Å². The second kappa shape index (κ2) is 8.90. The lowest BCUT2D eigenvalue weighted by molar-refractivity contribution is 0.0932. The van der Waals surface area contributed by atoms with Crippen molar-refractivity contribution in [2.45, 2.75) is 32.3 Å². The molecular weight excluding hydrogens is 350 g/mol. The number of nitrogens with one attached hydrogen (secondary N) is 1. The van der Waals surface area contributed by atoms with E-state index in [-0.39, 0.29) is 12.0 Å². The summed E-state index contributed by atoms with van der Waals surface area (Å²) in [7, 11) is 0. The van der Waals surface area contributed by atoms with E-state index >= 15 is 0 Å². The number of carbonyl (C=O) groups excluding carboxylic acids is 1. The van der Waals surface area contributed by atoms with Gasteiger partial charge < -0.3 is 15.0 Å². The average molecular weight is 374 g/mol. The molecule has 3 rings (SSSR count). The minimum Gasteiger partial charge on any atom is -0.487 e. The Morgan fingerprint density at radius 1 is 1.31 bits per heavy atom. The Hall–Kier alpha value is -2.27. The summed E-state index contributed by atoms with van der Waals surface area (Å²) in [6.07, 6.45) is 6.81. The Balaban J connectivity index is 1.60. The van der Waals surface area contributed by atoms with E-state index in [0.717, 1.165) is 18.8 Å². The van der Waals surface area contributed by atoms with Crippen molar-refractivity contribution in [3.8, 4) is 5.75 Å². The molecule has 1 N–H and O–H groups in total. The molecule has 5 nitrogen and oxygen atoms in total. The average Bonchev–Trinajstić information content (AvgIpc) is 2.68. The lowest BCUT2D eigenvalue weighted by Gasteiger charge is -2.29. The van der Waals surface area contributed by atoms with Crippen LogP contribution >= 0.6 is 11.6 Å². The molecule has 1 unspecified atom stereocenters. The van der Waals surface area contributed by atoms with Crippen molar-refractivity contribution in [2.75, 3.05) is 24.5 Å². The summed E-state index contributed by atoms with van der Waals surface area (Å²) < 4.78 is 5.73. The molecule has 1 amide bonds. The number of carbonyl (C=O) groups is 1. The van der Waals surface area contributed by atoms with Gasteiger partial charge in [-0.3, -0.25) is 9.78 Å². The lowest BCUT2D eigenvalue weighted by atomic mass is 10.1. The molecule has 0 spiro atoms. The molecule has 1 aliphatic rings. The van der Waals surface area contributed by atoms with Crippen molar-refractivity contribution in [1.82, 2.24) is 10.3 Å². The fraction of sp³-hybridized carbons (Fsp3) is 0.400. The van der Waals surface area contributed by atoms with E-state index in [4.69, 9.17) is 16.3 Å². The van der Waals surface area contributed by atoms with Gasteiger partial charge in [0.2, 0.25) is 0 Å². The monoisotopic (exact) mass is 373 g/mol. The quantitative estimate of drug-likeness (QED) is 0.833. The maximum atomic E-state index is 12.6. The molecule has 6 heteroatoms. The molecule has 0 bridgehead atoms. The molecule has 1 saturated heterocycles. The summed E-state index contributed by atoms with van der Waals surface area (Å²) in [6.45, 7) is 4.34. The highest BCUT2D eigenvalue weighted by Gasteiger charge is 2.16. The molecule has 1 aromatic heterocycles. The first kappa shape index (κ1) is 18.5. The van der Waals surface area contributed by atoms with Crippen LogP contribution in [0.25, 0.3) is 0 Å². The largest absolute Gasteiger partial charge is 0.487 e. The summed E-state index contributed by atoms with van der Waals surface area (Å²) in [5.41, 5.74) is 1.56. The Labute approximate surface area is 159 Å². The van der Waals surface area contributed by atoms with Crippen LogP contribution < -0.4 is 15.0 Å². The van der Waals surface area contributed by atoms with Crippen LogP contribution in [0.3, 0.4) is 0 Å². The van der Waals surface area contributed by atoms with Crippen LogP contribution in [-0.2, 0) is 0 Å². The molecule has 1 aliphatic heterocycles. The Morgan fingerprint density at radius 2 is 2.12 bits per heavy atom. The van der Waals surface area contributed by atoms with Gasteiger partial charge in [-0.25, -0.2) is 0 Å². The van der Waals surface area contributed by atoms with E-state index in [1.807, 2.05) is 31.2 Å². The number of hydrogen-bond acceptors (Lipinski definition) is 4. The molecule has 0 radical (unpaired) electrons. The highest BCUT2D eigenvalue weighted by atomic mass is 35.5. The van der Waals surface area contributed by atoms with Gasteiger partial charge >= 0.3 is 0 Å². The first-order chi connectivity index (χ1) is 12.6. The number of aromatic nitrogens is 1. The van der Waals surface area contributed by atoms with E-state index in [9.17, 15) is 4.79 Å². The van der Waals surface area contributed by atoms with Crippen molar-refractivity contribution in [3.63, 3.8) is 0 Å². The van der Waals surface area contributed by atoms with Crippen molar-refractivity contribution in [2.24, 2.45) is 0 Å². The summed E-state index contributed by atoms with van der Waals surface area (Å²) in [5.74, 6) is 0.495. The fourth-order valence-electron chi connectivity index (χ4n) is 3.06. The van der Waals surface area contributed by atoms with Gasteiger partial charge in [-0.15, -0.1) is 0 Å². The Kier molecular flexibility index (Phi) is 6.34. The van der Waals surface area contributed by atoms with E-state index in [0.29, 0.717) is 22.9 Å². The van der Waals surface area contributed by atoms with Gasteiger partial charge in [0.05, 0.1) is 23.3 Å². The van der Waals surface area contributed by atoms with Crippen molar-refractivity contribution in [1.29, 1.82) is 0 Å². The maximum Gasteiger partial charge on any atom is 0.253 e. The number of halogens is 1. The third-order valence-corrected chi connectivity index (χ3v) is 4.77. The van der Waals surface area contributed by atoms with Crippen LogP contribution in [0.5, 0.6) is 5.75 Å². The van der Waals surface area contributed by atoms with Crippen LogP contribution in [0.15, 0.2) is 42.7 Å². The van der Waals surface area contributed by atoms with Gasteiger partial charge in [-0.2, -0.15) is 0 Å². The number of amides is 1. The van der Waals surface area contributed by atoms with Gasteiger partial charge in [-0.1, -0.05) is 11.6 Å². The molecule has 0 aliphatic carbocycles. The highest BCUT2D eigenvalue weighted by Crippen LogP contribution is 2.25. The third-order valence-electron chi connectivity index (χ3n) is 4.44. The number of piperidine rings is 1. The molecular formula is C20H24ClN3O2. The van der Waals surface area contributed by atoms with Gasteiger partial charge in [0.1, 0.15) is 11.9 Å². The predicted molar refractivity (Wildman–Crippen MR) is 104 cm³/mol. The number of anilines is 1. The topological polar surface area (TPSA) is 54.5 Å². The first-order valence-corrected chi connectivity index (χ1v) is 9.40. The number of benzene rings is 1. The smallest absolute Gasteiger partial charge is 0.253 e. The number of rotatable bonds is 6. The molecule has 138 valence electrons. The van der Waals surface area contributed by atoms with Crippen LogP contribution in [0, 0.1) is 0 Å². The molecule has 1 fully saturated rings. The standard InChI is InChI=1S/C20H24ClN3O2/c1-15(26-17-6-5-9-22-14-17)13-23-20(25)18-12-16(7-8-19(18)21)24-10-3-2-4-11-24/h5-9,12,14-15H,2-4,10-11,13H2,1H3,(H,23,25). The molecule has 0 saturated carbocycles. The molecule has 2 heterocycles. The molecule has 1 atom stereocenters. The van der Waals surface area contributed by atoms with Crippen molar-refractivity contribution < 1.29 is 9.53 Å². The van der Waals surface area contributed by atoms with Gasteiger partial charge in [0, 0.05) is 25.0 Å². The summed E-state index contributed by atoms with van der Waals surface area (Å²) in [4.78, 5) is 18.9. The lowest BCUT2D eigenvalue weighted by Crippen LogP contribution is -2.34. The van der Waals surface area contributed by atoms with E-state index in [1.165, 1.54) is 19.3 Å². The number of ether oxygens (including phenoxy) is 1. The zero-order valence-corrected chi connectivity index (χ0v) is 15.7. The zero-order chi connectivity index (χ0) is 18.4. The van der Waals surface area contributed by atoms with Crippen molar-refractivity contribution in [3.05, 3.63) is 53.3 Å². The predicted octanol–water partition coefficient (Wildman–Crippen LogP) is 3.92. The van der Waals surface area contributed by atoms with E-state index in [1.54, 1.807) is 18.5 Å². The second-order valence-electron chi connectivity index (χ2n) is 6.54. The SMILES string of the molecule is CC(CNC(=O)c1cc(N2CCCCC2)ccc1Cl)Oc1cccnc1. The number of hydrogen-bond donors (Lipinski definition) is 1. The normalized spacial score (nSPS) is 15.4. The summed E-state index contributed by atoms with van der Waals surface area (Å²) >= 11 is 6.26. The zero-order valence-electron chi connectivity index (χ0n) is 15.0. The van der Waals surface area contributed by atoms with Crippen LogP contribution in [0.4, 0.5) is 5.69 Å². The fourth-order valence-corrected chi connectivity index (χ4v) is 3.26.